The van der Waals surface area contributed by atoms with E-state index in [1.54, 1.807) is 7.11 Å². The van der Waals surface area contributed by atoms with Crippen LogP contribution >= 0.6 is 0 Å². The van der Waals surface area contributed by atoms with Gasteiger partial charge in [-0.3, -0.25) is 4.90 Å². The Hall–Kier alpha value is -1.06. The average molecular weight is 234 g/mol. The molecule has 0 spiro atoms. The van der Waals surface area contributed by atoms with Crippen molar-refractivity contribution in [2.75, 3.05) is 27.2 Å². The van der Waals surface area contributed by atoms with Gasteiger partial charge in [0.2, 0.25) is 0 Å². The van der Waals surface area contributed by atoms with Crippen LogP contribution in [0.3, 0.4) is 0 Å². The van der Waals surface area contributed by atoms with E-state index in [-0.39, 0.29) is 0 Å². The molecule has 1 aliphatic heterocycles. The monoisotopic (exact) mass is 234 g/mol. The summed E-state index contributed by atoms with van der Waals surface area (Å²) < 4.78 is 5.33. The van der Waals surface area contributed by atoms with Gasteiger partial charge in [0.05, 0.1) is 7.11 Å². The van der Waals surface area contributed by atoms with Crippen LogP contribution in [0.1, 0.15) is 24.1 Å². The van der Waals surface area contributed by atoms with Crippen molar-refractivity contribution in [1.82, 2.24) is 4.90 Å². The van der Waals surface area contributed by atoms with Gasteiger partial charge in [-0.25, -0.2) is 0 Å². The van der Waals surface area contributed by atoms with E-state index in [2.05, 4.69) is 31.0 Å². The second kappa shape index (κ2) is 5.07. The lowest BCUT2D eigenvalue weighted by Crippen LogP contribution is -2.38. The summed E-state index contributed by atoms with van der Waals surface area (Å²) in [5.41, 5.74) is 8.66. The molecule has 2 rings (SSSR count). The summed E-state index contributed by atoms with van der Waals surface area (Å²) >= 11 is 0. The molecule has 3 nitrogen and oxygen atoms in total. The Morgan fingerprint density at radius 2 is 2.29 bits per heavy atom. The lowest BCUT2D eigenvalue weighted by atomic mass is 9.85. The van der Waals surface area contributed by atoms with E-state index in [0.29, 0.717) is 18.5 Å². The third-order valence-electron chi connectivity index (χ3n) is 3.79. The number of likely N-dealkylation sites (N-methyl/N-ethyl adjacent to an activating group) is 1. The summed E-state index contributed by atoms with van der Waals surface area (Å²) in [6, 6.07) is 6.83. The first kappa shape index (κ1) is 12.4. The van der Waals surface area contributed by atoms with E-state index in [0.717, 1.165) is 18.7 Å². The highest BCUT2D eigenvalue weighted by molar-refractivity contribution is 5.39. The first-order chi connectivity index (χ1) is 8.17. The first-order valence-corrected chi connectivity index (χ1v) is 6.24. The zero-order valence-electron chi connectivity index (χ0n) is 10.9. The highest BCUT2D eigenvalue weighted by atomic mass is 16.5. The second-order valence-electron chi connectivity index (χ2n) is 4.95. The van der Waals surface area contributed by atoms with Crippen molar-refractivity contribution in [2.45, 2.75) is 19.4 Å². The number of hydrogen-bond acceptors (Lipinski definition) is 3. The molecule has 0 saturated carbocycles. The minimum atomic E-state index is 0.416. The van der Waals surface area contributed by atoms with Gasteiger partial charge in [-0.05, 0) is 49.2 Å². The standard InChI is InChI=1S/C14H22N2O/c1-10(9-15)14-13-8-12(17-3)5-4-11(13)6-7-16(14)2/h4-5,8,10,14H,6-7,9,15H2,1-3H3. The Balaban J connectivity index is 2.41. The molecular formula is C14H22N2O. The van der Waals surface area contributed by atoms with Crippen LogP contribution in [0.2, 0.25) is 0 Å². The number of ether oxygens (including phenoxy) is 1. The molecule has 0 fully saturated rings. The maximum absolute atomic E-state index is 5.83. The molecule has 1 aliphatic rings. The van der Waals surface area contributed by atoms with Crippen molar-refractivity contribution in [3.8, 4) is 5.75 Å². The third-order valence-corrected chi connectivity index (χ3v) is 3.79. The van der Waals surface area contributed by atoms with Gasteiger partial charge >= 0.3 is 0 Å². The summed E-state index contributed by atoms with van der Waals surface area (Å²) in [6.07, 6.45) is 1.11. The van der Waals surface area contributed by atoms with Crippen molar-refractivity contribution in [3.63, 3.8) is 0 Å². The van der Waals surface area contributed by atoms with E-state index < -0.39 is 0 Å². The van der Waals surface area contributed by atoms with Gasteiger partial charge in [0.15, 0.2) is 0 Å². The predicted molar refractivity (Wildman–Crippen MR) is 70.3 cm³/mol. The largest absolute Gasteiger partial charge is 0.497 e. The molecule has 2 atom stereocenters. The Labute approximate surface area is 104 Å². The number of fused-ring (bicyclic) bond motifs is 1. The van der Waals surface area contributed by atoms with Crippen molar-refractivity contribution in [1.29, 1.82) is 0 Å². The van der Waals surface area contributed by atoms with Crippen molar-refractivity contribution < 1.29 is 4.74 Å². The van der Waals surface area contributed by atoms with Crippen LogP contribution < -0.4 is 10.5 Å². The normalized spacial score (nSPS) is 22.0. The van der Waals surface area contributed by atoms with Crippen molar-refractivity contribution >= 4 is 0 Å². The topological polar surface area (TPSA) is 38.5 Å². The Morgan fingerprint density at radius 1 is 1.53 bits per heavy atom. The molecule has 2 N–H and O–H groups in total. The van der Waals surface area contributed by atoms with Gasteiger partial charge in [0.25, 0.3) is 0 Å². The van der Waals surface area contributed by atoms with Crippen molar-refractivity contribution in [2.24, 2.45) is 11.7 Å². The zero-order chi connectivity index (χ0) is 12.4. The molecule has 2 unspecified atom stereocenters. The van der Waals surface area contributed by atoms with E-state index >= 15 is 0 Å². The summed E-state index contributed by atoms with van der Waals surface area (Å²) in [5, 5.41) is 0. The fraction of sp³-hybridized carbons (Fsp3) is 0.571. The maximum atomic E-state index is 5.83. The number of benzene rings is 1. The Bertz CT molecular complexity index is 392. The quantitative estimate of drug-likeness (QED) is 0.867. The number of hydrogen-bond donors (Lipinski definition) is 1. The fourth-order valence-electron chi connectivity index (χ4n) is 2.75. The van der Waals surface area contributed by atoms with E-state index in [4.69, 9.17) is 10.5 Å². The van der Waals surface area contributed by atoms with E-state index in [1.807, 2.05) is 6.07 Å². The molecule has 1 aromatic carbocycles. The van der Waals surface area contributed by atoms with Gasteiger partial charge in [-0.15, -0.1) is 0 Å². The molecule has 17 heavy (non-hydrogen) atoms. The SMILES string of the molecule is COc1ccc2c(c1)C(C(C)CN)N(C)CC2. The number of nitrogens with zero attached hydrogens (tertiary/aromatic N) is 1. The zero-order valence-corrected chi connectivity index (χ0v) is 10.9. The third kappa shape index (κ3) is 2.31. The highest BCUT2D eigenvalue weighted by Crippen LogP contribution is 2.35. The molecule has 1 heterocycles. The summed E-state index contributed by atoms with van der Waals surface area (Å²) in [5.74, 6) is 1.40. The number of methoxy groups -OCH3 is 1. The van der Waals surface area contributed by atoms with Crippen LogP contribution in [0.25, 0.3) is 0 Å². The van der Waals surface area contributed by atoms with Gasteiger partial charge in [-0.2, -0.15) is 0 Å². The first-order valence-electron chi connectivity index (χ1n) is 6.24. The molecule has 0 aliphatic carbocycles. The molecule has 0 amide bonds. The highest BCUT2D eigenvalue weighted by Gasteiger charge is 2.28. The van der Waals surface area contributed by atoms with Crippen LogP contribution in [0.15, 0.2) is 18.2 Å². The molecule has 0 radical (unpaired) electrons. The summed E-state index contributed by atoms with van der Waals surface area (Å²) in [6.45, 7) is 4.04. The molecule has 0 saturated heterocycles. The Kier molecular flexibility index (Phi) is 3.69. The number of rotatable bonds is 3. The second-order valence-corrected chi connectivity index (χ2v) is 4.95. The van der Waals surface area contributed by atoms with Gasteiger partial charge in [0, 0.05) is 12.6 Å². The summed E-state index contributed by atoms with van der Waals surface area (Å²) in [7, 11) is 3.90. The van der Waals surface area contributed by atoms with Crippen LogP contribution in [0, 0.1) is 5.92 Å². The molecule has 0 aromatic heterocycles. The average Bonchev–Trinajstić information content (AvgIpc) is 2.37. The van der Waals surface area contributed by atoms with Gasteiger partial charge < -0.3 is 10.5 Å². The molecule has 1 aromatic rings. The predicted octanol–water partition coefficient (Wildman–Crippen LogP) is 1.82. The van der Waals surface area contributed by atoms with Gasteiger partial charge in [0.1, 0.15) is 5.75 Å². The van der Waals surface area contributed by atoms with Crippen LogP contribution in [0.4, 0.5) is 0 Å². The number of nitrogens with two attached hydrogens (primary N) is 1. The molecule has 94 valence electrons. The minimum Gasteiger partial charge on any atom is -0.497 e. The molecule has 0 bridgehead atoms. The maximum Gasteiger partial charge on any atom is 0.119 e. The van der Waals surface area contributed by atoms with Crippen LogP contribution in [-0.2, 0) is 6.42 Å². The van der Waals surface area contributed by atoms with Crippen molar-refractivity contribution in [3.05, 3.63) is 29.3 Å². The molecular weight excluding hydrogens is 212 g/mol. The minimum absolute atomic E-state index is 0.416. The Morgan fingerprint density at radius 3 is 2.94 bits per heavy atom. The van der Waals surface area contributed by atoms with Crippen LogP contribution in [0.5, 0.6) is 5.75 Å². The van der Waals surface area contributed by atoms with Gasteiger partial charge in [-0.1, -0.05) is 13.0 Å². The lowest BCUT2D eigenvalue weighted by Gasteiger charge is -2.38. The summed E-state index contributed by atoms with van der Waals surface area (Å²) in [4.78, 5) is 2.40. The smallest absolute Gasteiger partial charge is 0.119 e. The lowest BCUT2D eigenvalue weighted by molar-refractivity contribution is 0.175. The van der Waals surface area contributed by atoms with Crippen LogP contribution in [-0.4, -0.2) is 32.1 Å². The fourth-order valence-corrected chi connectivity index (χ4v) is 2.75. The van der Waals surface area contributed by atoms with E-state index in [9.17, 15) is 0 Å². The molecule has 3 heteroatoms. The van der Waals surface area contributed by atoms with E-state index in [1.165, 1.54) is 11.1 Å².